The lowest BCUT2D eigenvalue weighted by atomic mass is 9.84. The van der Waals surface area contributed by atoms with Crippen molar-refractivity contribution in [2.45, 2.75) is 57.9 Å². The average Bonchev–Trinajstić information content (AvgIpc) is 3.12. The maximum Gasteiger partial charge on any atom is 0.226 e. The number of likely N-dealkylation sites (tertiary alicyclic amines) is 1. The third kappa shape index (κ3) is 3.22. The molecule has 0 radical (unpaired) electrons. The molecule has 0 spiro atoms. The Labute approximate surface area is 153 Å². The minimum Gasteiger partial charge on any atom is -0.424 e. The summed E-state index contributed by atoms with van der Waals surface area (Å²) in [6.07, 6.45) is 1.86. The highest BCUT2D eigenvalue weighted by Gasteiger charge is 2.36. The smallest absolute Gasteiger partial charge is 0.226 e. The molecule has 1 aromatic carbocycles. The van der Waals surface area contributed by atoms with Crippen LogP contribution < -0.4 is 0 Å². The van der Waals surface area contributed by atoms with Crippen molar-refractivity contribution >= 4 is 5.91 Å². The van der Waals surface area contributed by atoms with Gasteiger partial charge in [0.25, 0.3) is 0 Å². The quantitative estimate of drug-likeness (QED) is 0.845. The van der Waals surface area contributed by atoms with Crippen LogP contribution in [0.4, 0.5) is 0 Å². The summed E-state index contributed by atoms with van der Waals surface area (Å²) in [7, 11) is 0. The van der Waals surface area contributed by atoms with Crippen LogP contribution in [0.15, 0.2) is 28.7 Å². The summed E-state index contributed by atoms with van der Waals surface area (Å²) in [4.78, 5) is 13.7. The Hall–Kier alpha value is -2.68. The molecule has 136 valence electrons. The summed E-state index contributed by atoms with van der Waals surface area (Å²) in [5, 5.41) is 17.7. The molecule has 1 aliphatic heterocycles. The van der Waals surface area contributed by atoms with Gasteiger partial charge in [0, 0.05) is 19.5 Å². The minimum absolute atomic E-state index is 0.0413. The Morgan fingerprint density at radius 3 is 2.85 bits per heavy atom. The molecule has 26 heavy (non-hydrogen) atoms. The van der Waals surface area contributed by atoms with Crippen LogP contribution >= 0.6 is 0 Å². The predicted octanol–water partition coefficient (Wildman–Crippen LogP) is 3.38. The minimum atomic E-state index is -0.504. The van der Waals surface area contributed by atoms with Crippen LogP contribution in [0.3, 0.4) is 0 Å². The monoisotopic (exact) mass is 352 g/mol. The average molecular weight is 352 g/mol. The van der Waals surface area contributed by atoms with E-state index < -0.39 is 5.41 Å². The van der Waals surface area contributed by atoms with Crippen molar-refractivity contribution in [1.29, 1.82) is 5.26 Å². The number of carbonyl (C=O) groups is 1. The molecule has 1 fully saturated rings. The van der Waals surface area contributed by atoms with Gasteiger partial charge in [0.15, 0.2) is 0 Å². The molecule has 1 amide bonds. The van der Waals surface area contributed by atoms with Gasteiger partial charge in [0.2, 0.25) is 17.7 Å². The second kappa shape index (κ2) is 6.91. The van der Waals surface area contributed by atoms with Gasteiger partial charge in [-0.2, -0.15) is 5.26 Å². The normalized spacial score (nSPS) is 20.7. The lowest BCUT2D eigenvalue weighted by Gasteiger charge is -2.37. The number of hydrogen-bond acceptors (Lipinski definition) is 5. The van der Waals surface area contributed by atoms with E-state index >= 15 is 0 Å². The molecular weight excluding hydrogens is 328 g/mol. The largest absolute Gasteiger partial charge is 0.424 e. The van der Waals surface area contributed by atoms with Crippen molar-refractivity contribution in [2.24, 2.45) is 0 Å². The molecule has 0 aliphatic carbocycles. The molecule has 1 saturated heterocycles. The summed E-state index contributed by atoms with van der Waals surface area (Å²) in [6.45, 7) is 8.43. The maximum atomic E-state index is 11.8. The third-order valence-electron chi connectivity index (χ3n) is 5.40. The molecule has 0 unspecified atom stereocenters. The number of amides is 1. The topological polar surface area (TPSA) is 83.0 Å². The van der Waals surface area contributed by atoms with E-state index in [0.29, 0.717) is 17.3 Å². The zero-order valence-corrected chi connectivity index (χ0v) is 15.7. The Bertz CT molecular complexity index is 849. The van der Waals surface area contributed by atoms with Crippen LogP contribution in [0, 0.1) is 11.3 Å². The van der Waals surface area contributed by atoms with E-state index in [2.05, 4.69) is 16.3 Å². The van der Waals surface area contributed by atoms with Crippen LogP contribution in [-0.2, 0) is 10.2 Å². The van der Waals surface area contributed by atoms with Gasteiger partial charge in [-0.3, -0.25) is 4.79 Å². The van der Waals surface area contributed by atoms with Crippen molar-refractivity contribution in [2.75, 3.05) is 6.54 Å². The first-order valence-corrected chi connectivity index (χ1v) is 8.96. The van der Waals surface area contributed by atoms with E-state index in [1.165, 1.54) is 0 Å². The maximum absolute atomic E-state index is 11.8. The number of hydrogen-bond donors (Lipinski definition) is 0. The standard InChI is InChI=1S/C20H24N4O2/c1-13-17(9-6-10-24(13)14(2)25)18-22-23-19(26-18)20(3,4)16-8-5-7-15(11-16)12-21/h5,7-8,11,13,17H,6,9-10H2,1-4H3/t13-,17-/m0/s1. The molecule has 1 aliphatic rings. The zero-order chi connectivity index (χ0) is 18.9. The van der Waals surface area contributed by atoms with Gasteiger partial charge in [-0.15, -0.1) is 10.2 Å². The number of piperidine rings is 1. The summed E-state index contributed by atoms with van der Waals surface area (Å²) in [5.41, 5.74) is 1.05. The first kappa shape index (κ1) is 18.1. The van der Waals surface area contributed by atoms with Crippen LogP contribution in [-0.4, -0.2) is 33.6 Å². The summed E-state index contributed by atoms with van der Waals surface area (Å²) in [6, 6.07) is 9.66. The van der Waals surface area contributed by atoms with E-state index in [9.17, 15) is 4.79 Å². The fourth-order valence-electron chi connectivity index (χ4n) is 3.66. The molecular formula is C20H24N4O2. The molecule has 2 atom stereocenters. The van der Waals surface area contributed by atoms with E-state index in [1.807, 2.05) is 43.9 Å². The van der Waals surface area contributed by atoms with Gasteiger partial charge in [0.1, 0.15) is 0 Å². The van der Waals surface area contributed by atoms with Crippen molar-refractivity contribution in [3.63, 3.8) is 0 Å². The summed E-state index contributed by atoms with van der Waals surface area (Å²) >= 11 is 0. The molecule has 2 heterocycles. The highest BCUT2D eigenvalue weighted by molar-refractivity contribution is 5.73. The molecule has 0 bridgehead atoms. The van der Waals surface area contributed by atoms with Crippen molar-refractivity contribution in [1.82, 2.24) is 15.1 Å². The molecule has 2 aromatic rings. The van der Waals surface area contributed by atoms with Crippen molar-refractivity contribution < 1.29 is 9.21 Å². The van der Waals surface area contributed by atoms with E-state index in [-0.39, 0.29) is 17.9 Å². The van der Waals surface area contributed by atoms with Crippen LogP contribution in [0.25, 0.3) is 0 Å². The molecule has 0 saturated carbocycles. The Kier molecular flexibility index (Phi) is 4.82. The van der Waals surface area contributed by atoms with E-state index in [0.717, 1.165) is 24.9 Å². The molecule has 1 aromatic heterocycles. The fourth-order valence-corrected chi connectivity index (χ4v) is 3.66. The summed E-state index contributed by atoms with van der Waals surface area (Å²) in [5.74, 6) is 1.24. The third-order valence-corrected chi connectivity index (χ3v) is 5.40. The Morgan fingerprint density at radius 1 is 1.38 bits per heavy atom. The number of carbonyl (C=O) groups excluding carboxylic acids is 1. The van der Waals surface area contributed by atoms with Gasteiger partial charge >= 0.3 is 0 Å². The van der Waals surface area contributed by atoms with Gasteiger partial charge in [-0.25, -0.2) is 0 Å². The lowest BCUT2D eigenvalue weighted by molar-refractivity contribution is -0.132. The van der Waals surface area contributed by atoms with Gasteiger partial charge in [-0.1, -0.05) is 12.1 Å². The molecule has 0 N–H and O–H groups in total. The summed E-state index contributed by atoms with van der Waals surface area (Å²) < 4.78 is 6.07. The second-order valence-corrected chi connectivity index (χ2v) is 7.46. The van der Waals surface area contributed by atoms with Crippen molar-refractivity contribution in [3.8, 4) is 6.07 Å². The van der Waals surface area contributed by atoms with Gasteiger partial charge in [0.05, 0.1) is 23.0 Å². The number of nitrogens with zero attached hydrogens (tertiary/aromatic N) is 4. The Balaban J connectivity index is 1.89. The molecule has 6 nitrogen and oxygen atoms in total. The second-order valence-electron chi connectivity index (χ2n) is 7.46. The number of nitriles is 1. The van der Waals surface area contributed by atoms with Gasteiger partial charge < -0.3 is 9.32 Å². The van der Waals surface area contributed by atoms with Crippen LogP contribution in [0.5, 0.6) is 0 Å². The van der Waals surface area contributed by atoms with Crippen LogP contribution in [0.2, 0.25) is 0 Å². The SMILES string of the molecule is CC(=O)N1CCC[C@H](c2nnc(C(C)(C)c3cccc(C#N)c3)o2)[C@@H]1C. The molecule has 3 rings (SSSR count). The highest BCUT2D eigenvalue weighted by atomic mass is 16.4. The van der Waals surface area contributed by atoms with E-state index in [1.54, 1.807) is 13.0 Å². The fraction of sp³-hybridized carbons (Fsp3) is 0.500. The molecule has 6 heteroatoms. The van der Waals surface area contributed by atoms with Gasteiger partial charge in [-0.05, 0) is 51.3 Å². The van der Waals surface area contributed by atoms with E-state index in [4.69, 9.17) is 9.68 Å². The number of rotatable bonds is 3. The van der Waals surface area contributed by atoms with Crippen molar-refractivity contribution in [3.05, 3.63) is 47.2 Å². The lowest BCUT2D eigenvalue weighted by Crippen LogP contribution is -2.44. The number of aromatic nitrogens is 2. The first-order chi connectivity index (χ1) is 12.3. The predicted molar refractivity (Wildman–Crippen MR) is 96.4 cm³/mol. The Morgan fingerprint density at radius 2 is 2.15 bits per heavy atom. The zero-order valence-electron chi connectivity index (χ0n) is 15.7. The van der Waals surface area contributed by atoms with Crippen LogP contribution in [0.1, 0.15) is 69.4 Å². The number of benzene rings is 1. The highest BCUT2D eigenvalue weighted by Crippen LogP contribution is 2.35. The first-order valence-electron chi connectivity index (χ1n) is 8.96.